The number of ether oxygens (including phenoxy) is 1. The summed E-state index contributed by atoms with van der Waals surface area (Å²) < 4.78 is 8.55. The number of aromatic amines is 2. The zero-order valence-corrected chi connectivity index (χ0v) is 14.6. The number of H-pyrrole nitrogens is 2. The zero-order chi connectivity index (χ0) is 18.1. The van der Waals surface area contributed by atoms with Crippen molar-refractivity contribution in [3.05, 3.63) is 55.4 Å². The first-order valence-corrected chi connectivity index (χ1v) is 8.07. The Balaban J connectivity index is 1.84. The van der Waals surface area contributed by atoms with E-state index in [-0.39, 0.29) is 23.4 Å². The fourth-order valence-corrected chi connectivity index (χ4v) is 2.87. The number of aliphatic hydroxyl groups is 1. The third-order valence-corrected chi connectivity index (χ3v) is 4.19. The quantitative estimate of drug-likeness (QED) is 0.583. The lowest BCUT2D eigenvalue weighted by molar-refractivity contribution is 0.0930. The SMILES string of the molecule is Cc1cccc(OC[C@H](O)Cn2c(=S)[nH]c3c2c(=O)[nH]c(=O)n3C)c1. The van der Waals surface area contributed by atoms with E-state index in [2.05, 4.69) is 9.97 Å². The molecule has 0 radical (unpaired) electrons. The molecule has 0 aliphatic heterocycles. The largest absolute Gasteiger partial charge is 0.491 e. The number of nitrogens with zero attached hydrogens (tertiary/aromatic N) is 2. The van der Waals surface area contributed by atoms with Gasteiger partial charge in [-0.25, -0.2) is 4.79 Å². The monoisotopic (exact) mass is 362 g/mol. The number of aryl methyl sites for hydroxylation is 2. The topological polar surface area (TPSA) is 105 Å². The van der Waals surface area contributed by atoms with Crippen LogP contribution in [-0.2, 0) is 13.6 Å². The van der Waals surface area contributed by atoms with Crippen molar-refractivity contribution in [1.82, 2.24) is 19.1 Å². The Bertz CT molecular complexity index is 1090. The van der Waals surface area contributed by atoms with E-state index in [1.54, 1.807) is 6.07 Å². The van der Waals surface area contributed by atoms with Crippen molar-refractivity contribution in [2.45, 2.75) is 19.6 Å². The van der Waals surface area contributed by atoms with E-state index < -0.39 is 17.4 Å². The van der Waals surface area contributed by atoms with E-state index in [1.807, 2.05) is 25.1 Å². The molecule has 1 atom stereocenters. The van der Waals surface area contributed by atoms with Crippen LogP contribution in [-0.4, -0.2) is 36.9 Å². The zero-order valence-electron chi connectivity index (χ0n) is 13.8. The second-order valence-corrected chi connectivity index (χ2v) is 6.22. The number of fused-ring (bicyclic) bond motifs is 1. The van der Waals surface area contributed by atoms with Crippen molar-refractivity contribution in [2.24, 2.45) is 7.05 Å². The highest BCUT2D eigenvalue weighted by molar-refractivity contribution is 7.71. The molecule has 0 unspecified atom stereocenters. The molecule has 9 heteroatoms. The number of rotatable bonds is 5. The first-order chi connectivity index (χ1) is 11.9. The molecule has 0 aliphatic carbocycles. The molecule has 8 nitrogen and oxygen atoms in total. The van der Waals surface area contributed by atoms with Gasteiger partial charge in [0.1, 0.15) is 24.1 Å². The standard InChI is InChI=1S/C16H18N4O4S/c1-9-4-3-5-11(6-9)24-8-10(21)7-20-12-13(17-16(20)25)19(2)15(23)18-14(12)22/h3-6,10,21H,7-8H2,1-2H3,(H,17,25)(H,18,22,23)/t10-/m1/s1. The summed E-state index contributed by atoms with van der Waals surface area (Å²) >= 11 is 5.22. The Labute approximate surface area is 147 Å². The van der Waals surface area contributed by atoms with Crippen LogP contribution in [0.15, 0.2) is 33.9 Å². The molecule has 3 N–H and O–H groups in total. The van der Waals surface area contributed by atoms with Gasteiger partial charge in [-0.2, -0.15) is 0 Å². The summed E-state index contributed by atoms with van der Waals surface area (Å²) in [5.41, 5.74) is 0.479. The molecular formula is C16H18N4O4S. The van der Waals surface area contributed by atoms with E-state index in [1.165, 1.54) is 16.2 Å². The van der Waals surface area contributed by atoms with Crippen molar-refractivity contribution in [1.29, 1.82) is 0 Å². The van der Waals surface area contributed by atoms with Gasteiger partial charge in [0.2, 0.25) is 0 Å². The molecule has 2 aromatic heterocycles. The second kappa shape index (κ2) is 6.69. The predicted molar refractivity (Wildman–Crippen MR) is 95.7 cm³/mol. The predicted octanol–water partition coefficient (Wildman–Crippen LogP) is 0.834. The Morgan fingerprint density at radius 2 is 2.08 bits per heavy atom. The molecule has 3 rings (SSSR count). The highest BCUT2D eigenvalue weighted by Gasteiger charge is 2.16. The van der Waals surface area contributed by atoms with Crippen LogP contribution in [0.4, 0.5) is 0 Å². The van der Waals surface area contributed by atoms with Crippen LogP contribution in [0.2, 0.25) is 0 Å². The number of hydrogen-bond acceptors (Lipinski definition) is 5. The fourth-order valence-electron chi connectivity index (χ4n) is 2.61. The van der Waals surface area contributed by atoms with Crippen LogP contribution in [0.3, 0.4) is 0 Å². The van der Waals surface area contributed by atoms with Crippen LogP contribution in [0.5, 0.6) is 5.75 Å². The summed E-state index contributed by atoms with van der Waals surface area (Å²) in [6, 6.07) is 7.49. The van der Waals surface area contributed by atoms with Gasteiger partial charge in [0.05, 0.1) is 6.54 Å². The van der Waals surface area contributed by atoms with Gasteiger partial charge < -0.3 is 19.4 Å². The summed E-state index contributed by atoms with van der Waals surface area (Å²) in [5, 5.41) is 10.3. The maximum atomic E-state index is 12.1. The molecule has 132 valence electrons. The van der Waals surface area contributed by atoms with Gasteiger partial charge in [-0.15, -0.1) is 0 Å². The normalized spacial score (nSPS) is 12.4. The number of imidazole rings is 1. The highest BCUT2D eigenvalue weighted by atomic mass is 32.1. The summed E-state index contributed by atoms with van der Waals surface area (Å²) in [7, 11) is 1.52. The Morgan fingerprint density at radius 1 is 1.32 bits per heavy atom. The van der Waals surface area contributed by atoms with Gasteiger partial charge in [0, 0.05) is 7.05 Å². The Morgan fingerprint density at radius 3 is 2.80 bits per heavy atom. The molecular weight excluding hydrogens is 344 g/mol. The number of aliphatic hydroxyl groups excluding tert-OH is 1. The van der Waals surface area contributed by atoms with Crippen molar-refractivity contribution in [3.8, 4) is 5.75 Å². The molecule has 0 spiro atoms. The van der Waals surface area contributed by atoms with Gasteiger partial charge in [0.25, 0.3) is 5.56 Å². The number of nitrogens with one attached hydrogen (secondary N) is 2. The lowest BCUT2D eigenvalue weighted by Gasteiger charge is -2.13. The maximum absolute atomic E-state index is 12.1. The third kappa shape index (κ3) is 3.42. The molecule has 0 amide bonds. The third-order valence-electron chi connectivity index (χ3n) is 3.87. The van der Waals surface area contributed by atoms with Gasteiger partial charge in [-0.05, 0) is 36.8 Å². The first kappa shape index (κ1) is 17.2. The highest BCUT2D eigenvalue weighted by Crippen LogP contribution is 2.13. The van der Waals surface area contributed by atoms with Crippen molar-refractivity contribution in [2.75, 3.05) is 6.61 Å². The lowest BCUT2D eigenvalue weighted by atomic mass is 10.2. The van der Waals surface area contributed by atoms with E-state index in [4.69, 9.17) is 17.0 Å². The van der Waals surface area contributed by atoms with Crippen molar-refractivity contribution >= 4 is 23.4 Å². The van der Waals surface area contributed by atoms with Crippen LogP contribution >= 0.6 is 12.2 Å². The van der Waals surface area contributed by atoms with Crippen LogP contribution in [0, 0.1) is 11.7 Å². The Kier molecular flexibility index (Phi) is 4.60. The van der Waals surface area contributed by atoms with Gasteiger partial charge in [-0.3, -0.25) is 14.3 Å². The smallest absolute Gasteiger partial charge is 0.329 e. The van der Waals surface area contributed by atoms with E-state index in [0.29, 0.717) is 11.4 Å². The minimum Gasteiger partial charge on any atom is -0.491 e. The van der Waals surface area contributed by atoms with Crippen molar-refractivity contribution in [3.63, 3.8) is 0 Å². The molecule has 2 heterocycles. The fraction of sp³-hybridized carbons (Fsp3) is 0.312. The van der Waals surface area contributed by atoms with Crippen molar-refractivity contribution < 1.29 is 9.84 Å². The van der Waals surface area contributed by atoms with Crippen LogP contribution in [0.1, 0.15) is 5.56 Å². The lowest BCUT2D eigenvalue weighted by Crippen LogP contribution is -2.30. The molecule has 1 aromatic carbocycles. The average Bonchev–Trinajstić information content (AvgIpc) is 2.88. The maximum Gasteiger partial charge on any atom is 0.329 e. The molecule has 0 bridgehead atoms. The van der Waals surface area contributed by atoms with Crippen LogP contribution in [0.25, 0.3) is 11.2 Å². The molecule has 0 fully saturated rings. The van der Waals surface area contributed by atoms with Crippen LogP contribution < -0.4 is 16.0 Å². The summed E-state index contributed by atoms with van der Waals surface area (Å²) in [6.07, 6.45) is -0.886. The van der Waals surface area contributed by atoms with Gasteiger partial charge in [-0.1, -0.05) is 12.1 Å². The minimum absolute atomic E-state index is 0.0432. The van der Waals surface area contributed by atoms with E-state index >= 15 is 0 Å². The average molecular weight is 362 g/mol. The Hall–Kier alpha value is -2.65. The van der Waals surface area contributed by atoms with E-state index in [0.717, 1.165) is 5.56 Å². The number of aromatic nitrogens is 4. The van der Waals surface area contributed by atoms with E-state index in [9.17, 15) is 14.7 Å². The number of benzene rings is 1. The molecule has 3 aromatic rings. The molecule has 25 heavy (non-hydrogen) atoms. The summed E-state index contributed by atoms with van der Waals surface area (Å²) in [4.78, 5) is 28.8. The number of hydrogen-bond donors (Lipinski definition) is 3. The summed E-state index contributed by atoms with van der Waals surface area (Å²) in [5.74, 6) is 0.654. The van der Waals surface area contributed by atoms with Gasteiger partial charge >= 0.3 is 5.69 Å². The van der Waals surface area contributed by atoms with Gasteiger partial charge in [0.15, 0.2) is 10.3 Å². The molecule has 0 aliphatic rings. The summed E-state index contributed by atoms with van der Waals surface area (Å²) in [6.45, 7) is 2.05. The molecule has 0 saturated heterocycles. The minimum atomic E-state index is -0.886. The molecule has 0 saturated carbocycles. The second-order valence-electron chi connectivity index (χ2n) is 5.84. The first-order valence-electron chi connectivity index (χ1n) is 7.66.